The van der Waals surface area contributed by atoms with E-state index in [0.717, 1.165) is 32.5 Å². The predicted octanol–water partition coefficient (Wildman–Crippen LogP) is 2.03. The summed E-state index contributed by atoms with van der Waals surface area (Å²) in [6, 6.07) is 1.46. The van der Waals surface area contributed by atoms with E-state index < -0.39 is 5.97 Å². The number of carbonyl (C=O) groups is 2. The number of hydrogen-bond donors (Lipinski definition) is 0. The van der Waals surface area contributed by atoms with Crippen molar-refractivity contribution in [1.29, 1.82) is 0 Å². The van der Waals surface area contributed by atoms with Crippen molar-refractivity contribution in [2.75, 3.05) is 39.8 Å². The number of likely N-dealkylation sites (tertiary alicyclic amines) is 1. The molecule has 0 unspecified atom stereocenters. The van der Waals surface area contributed by atoms with Crippen molar-refractivity contribution in [2.24, 2.45) is 5.92 Å². The summed E-state index contributed by atoms with van der Waals surface area (Å²) < 4.78 is 15.7. The van der Waals surface area contributed by atoms with Gasteiger partial charge < -0.3 is 18.8 Å². The number of furan rings is 1. The van der Waals surface area contributed by atoms with Crippen LogP contribution in [0.3, 0.4) is 0 Å². The molecular formula is C19H28N2O5. The smallest absolute Gasteiger partial charge is 0.341 e. The first-order chi connectivity index (χ1) is 12.5. The normalized spacial score (nSPS) is 25.3. The van der Waals surface area contributed by atoms with Gasteiger partial charge in [-0.1, -0.05) is 0 Å². The molecule has 0 bridgehead atoms. The Kier molecular flexibility index (Phi) is 5.98. The Morgan fingerprint density at radius 3 is 2.46 bits per heavy atom. The zero-order chi connectivity index (χ0) is 18.7. The largest absolute Gasteiger partial charge is 0.465 e. The van der Waals surface area contributed by atoms with Crippen LogP contribution < -0.4 is 0 Å². The summed E-state index contributed by atoms with van der Waals surface area (Å²) in [5.74, 6) is 0.131. The molecule has 144 valence electrons. The van der Waals surface area contributed by atoms with Crippen LogP contribution in [0.5, 0.6) is 0 Å². The number of ether oxygens (including phenoxy) is 2. The lowest BCUT2D eigenvalue weighted by Crippen LogP contribution is -2.48. The van der Waals surface area contributed by atoms with E-state index in [-0.39, 0.29) is 29.4 Å². The molecule has 7 nitrogen and oxygen atoms in total. The van der Waals surface area contributed by atoms with Crippen molar-refractivity contribution in [3.8, 4) is 0 Å². The molecule has 1 aromatic rings. The minimum Gasteiger partial charge on any atom is -0.465 e. The Morgan fingerprint density at radius 2 is 1.85 bits per heavy atom. The van der Waals surface area contributed by atoms with Gasteiger partial charge in [0.2, 0.25) is 0 Å². The number of morpholine rings is 1. The van der Waals surface area contributed by atoms with E-state index >= 15 is 0 Å². The standard InChI is InChI=1S/C19H28N2O5/c1-13-9-20(10-14(2)26-13)11-15-4-6-21(7-5-15)18(22)17-8-16(12-25-17)19(23)24-3/h8,12-15H,4-7,9-11H2,1-3H3/t13-,14-/m1/s1. The van der Waals surface area contributed by atoms with Gasteiger partial charge in [0.15, 0.2) is 5.76 Å². The fraction of sp³-hybridized carbons (Fsp3) is 0.684. The van der Waals surface area contributed by atoms with Gasteiger partial charge in [-0.25, -0.2) is 4.79 Å². The number of rotatable bonds is 4. The van der Waals surface area contributed by atoms with Crippen molar-refractivity contribution >= 4 is 11.9 Å². The summed E-state index contributed by atoms with van der Waals surface area (Å²) in [6.45, 7) is 8.69. The molecule has 0 radical (unpaired) electrons. The van der Waals surface area contributed by atoms with Crippen LogP contribution in [0.15, 0.2) is 16.7 Å². The molecule has 0 spiro atoms. The average molecular weight is 364 g/mol. The number of carbonyl (C=O) groups excluding carboxylic acids is 2. The second-order valence-electron chi connectivity index (χ2n) is 7.40. The molecule has 3 rings (SSSR count). The second kappa shape index (κ2) is 8.22. The summed E-state index contributed by atoms with van der Waals surface area (Å²) in [5.41, 5.74) is 0.265. The van der Waals surface area contributed by atoms with Crippen molar-refractivity contribution in [1.82, 2.24) is 9.80 Å². The maximum atomic E-state index is 12.6. The van der Waals surface area contributed by atoms with E-state index in [1.807, 2.05) is 0 Å². The van der Waals surface area contributed by atoms with E-state index in [1.54, 1.807) is 4.90 Å². The Hall–Kier alpha value is -1.86. The van der Waals surface area contributed by atoms with Crippen molar-refractivity contribution in [3.05, 3.63) is 23.7 Å². The summed E-state index contributed by atoms with van der Waals surface area (Å²) in [7, 11) is 1.30. The Balaban J connectivity index is 1.49. The van der Waals surface area contributed by atoms with Crippen LogP contribution in [0, 0.1) is 5.92 Å². The predicted molar refractivity (Wildman–Crippen MR) is 95.1 cm³/mol. The number of hydrogen-bond acceptors (Lipinski definition) is 6. The van der Waals surface area contributed by atoms with E-state index in [1.165, 1.54) is 19.4 Å². The number of methoxy groups -OCH3 is 1. The Labute approximate surface area is 154 Å². The average Bonchev–Trinajstić information content (AvgIpc) is 3.10. The van der Waals surface area contributed by atoms with E-state index in [2.05, 4.69) is 23.5 Å². The Bertz CT molecular complexity index is 626. The molecule has 0 saturated carbocycles. The Morgan fingerprint density at radius 1 is 1.19 bits per heavy atom. The van der Waals surface area contributed by atoms with Crippen LogP contribution in [-0.4, -0.2) is 73.7 Å². The quantitative estimate of drug-likeness (QED) is 0.761. The number of piperidine rings is 1. The maximum Gasteiger partial charge on any atom is 0.341 e. The molecule has 3 heterocycles. The first-order valence-corrected chi connectivity index (χ1v) is 9.30. The van der Waals surface area contributed by atoms with Crippen molar-refractivity contribution in [3.63, 3.8) is 0 Å². The molecule has 0 aromatic carbocycles. The highest BCUT2D eigenvalue weighted by Gasteiger charge is 2.29. The van der Waals surface area contributed by atoms with Gasteiger partial charge in [-0.3, -0.25) is 9.69 Å². The molecule has 2 aliphatic rings. The minimum atomic E-state index is -0.500. The van der Waals surface area contributed by atoms with Crippen molar-refractivity contribution in [2.45, 2.75) is 38.9 Å². The summed E-state index contributed by atoms with van der Waals surface area (Å²) in [4.78, 5) is 28.3. The zero-order valence-electron chi connectivity index (χ0n) is 15.8. The lowest BCUT2D eigenvalue weighted by atomic mass is 9.95. The van der Waals surface area contributed by atoms with Crippen LogP contribution in [0.25, 0.3) is 0 Å². The molecule has 1 aromatic heterocycles. The summed E-state index contributed by atoms with van der Waals surface area (Å²) in [5, 5.41) is 0. The fourth-order valence-corrected chi connectivity index (χ4v) is 3.95. The van der Waals surface area contributed by atoms with Crippen LogP contribution in [0.4, 0.5) is 0 Å². The third-order valence-corrected chi connectivity index (χ3v) is 5.14. The van der Waals surface area contributed by atoms with Gasteiger partial charge in [0.1, 0.15) is 6.26 Å². The van der Waals surface area contributed by atoms with Crippen LogP contribution in [0.1, 0.15) is 47.6 Å². The molecule has 2 fully saturated rings. The van der Waals surface area contributed by atoms with Crippen molar-refractivity contribution < 1.29 is 23.5 Å². The molecule has 2 saturated heterocycles. The molecule has 26 heavy (non-hydrogen) atoms. The molecule has 2 aliphatic heterocycles. The fourth-order valence-electron chi connectivity index (χ4n) is 3.95. The first-order valence-electron chi connectivity index (χ1n) is 9.30. The molecule has 7 heteroatoms. The van der Waals surface area contributed by atoms with E-state index in [9.17, 15) is 9.59 Å². The van der Waals surface area contributed by atoms with Gasteiger partial charge in [0.25, 0.3) is 5.91 Å². The third kappa shape index (κ3) is 4.45. The molecule has 0 aliphatic carbocycles. The van der Waals surface area contributed by atoms with Crippen LogP contribution in [0.2, 0.25) is 0 Å². The summed E-state index contributed by atoms with van der Waals surface area (Å²) in [6.07, 6.45) is 3.80. The monoisotopic (exact) mass is 364 g/mol. The van der Waals surface area contributed by atoms with Gasteiger partial charge >= 0.3 is 5.97 Å². The number of esters is 1. The van der Waals surface area contributed by atoms with E-state index in [4.69, 9.17) is 9.15 Å². The lowest BCUT2D eigenvalue weighted by Gasteiger charge is -2.39. The van der Waals surface area contributed by atoms with Crippen LogP contribution in [-0.2, 0) is 9.47 Å². The van der Waals surface area contributed by atoms with Gasteiger partial charge in [-0.05, 0) is 32.6 Å². The molecule has 2 atom stereocenters. The molecular weight excluding hydrogens is 336 g/mol. The highest BCUT2D eigenvalue weighted by Crippen LogP contribution is 2.22. The SMILES string of the molecule is COC(=O)c1coc(C(=O)N2CCC(CN3C[C@@H](C)O[C@H](C)C3)CC2)c1. The molecule has 0 N–H and O–H groups in total. The highest BCUT2D eigenvalue weighted by atomic mass is 16.5. The summed E-state index contributed by atoms with van der Waals surface area (Å²) >= 11 is 0. The first kappa shape index (κ1) is 18.9. The topological polar surface area (TPSA) is 72.2 Å². The number of nitrogens with zero attached hydrogens (tertiary/aromatic N) is 2. The van der Waals surface area contributed by atoms with Gasteiger partial charge in [-0.15, -0.1) is 0 Å². The highest BCUT2D eigenvalue weighted by molar-refractivity contribution is 5.96. The van der Waals surface area contributed by atoms with Crippen LogP contribution >= 0.6 is 0 Å². The van der Waals surface area contributed by atoms with E-state index in [0.29, 0.717) is 19.0 Å². The second-order valence-corrected chi connectivity index (χ2v) is 7.40. The van der Waals surface area contributed by atoms with Gasteiger partial charge in [0.05, 0.1) is 24.9 Å². The number of amides is 1. The minimum absolute atomic E-state index is 0.160. The zero-order valence-corrected chi connectivity index (χ0v) is 15.8. The third-order valence-electron chi connectivity index (χ3n) is 5.14. The molecule has 1 amide bonds. The van der Waals surface area contributed by atoms with Gasteiger partial charge in [-0.2, -0.15) is 0 Å². The lowest BCUT2D eigenvalue weighted by molar-refractivity contribution is -0.0729. The maximum absolute atomic E-state index is 12.6. The van der Waals surface area contributed by atoms with Gasteiger partial charge in [0, 0.05) is 38.8 Å².